The number of rotatable bonds is 7. The van der Waals surface area contributed by atoms with Gasteiger partial charge in [0, 0.05) is 5.69 Å². The van der Waals surface area contributed by atoms with E-state index in [1.165, 1.54) is 12.1 Å². The Morgan fingerprint density at radius 1 is 1.00 bits per heavy atom. The molecular weight excluding hydrogens is 436 g/mol. The number of hydrogen-bond acceptors (Lipinski definition) is 6. The van der Waals surface area contributed by atoms with Crippen molar-refractivity contribution in [2.75, 3.05) is 16.6 Å². The summed E-state index contributed by atoms with van der Waals surface area (Å²) in [6, 6.07) is 15.2. The maximum absolute atomic E-state index is 12.9. The fourth-order valence-electron chi connectivity index (χ4n) is 2.86. The zero-order chi connectivity index (χ0) is 22.6. The third-order valence-electron chi connectivity index (χ3n) is 4.42. The predicted molar refractivity (Wildman–Crippen MR) is 121 cm³/mol. The van der Waals surface area contributed by atoms with Crippen LogP contribution in [0.3, 0.4) is 0 Å². The maximum atomic E-state index is 12.9. The number of nitrogens with one attached hydrogen (secondary N) is 2. The van der Waals surface area contributed by atoms with Crippen LogP contribution in [0.4, 0.5) is 10.7 Å². The van der Waals surface area contributed by atoms with Crippen LogP contribution in [0.1, 0.15) is 38.1 Å². The molecule has 0 radical (unpaired) electrons. The first kappa shape index (κ1) is 22.5. The lowest BCUT2D eigenvalue weighted by Gasteiger charge is -2.09. The number of anilines is 2. The van der Waals surface area contributed by atoms with Gasteiger partial charge in [-0.15, -0.1) is 11.3 Å². The first-order valence-corrected chi connectivity index (χ1v) is 11.8. The highest BCUT2D eigenvalue weighted by Gasteiger charge is 2.28. The van der Waals surface area contributed by atoms with E-state index in [0.29, 0.717) is 11.3 Å². The Bertz CT molecular complexity index is 1200. The second kappa shape index (κ2) is 9.32. The summed E-state index contributed by atoms with van der Waals surface area (Å²) in [7, 11) is -3.97. The minimum absolute atomic E-state index is 0.0285. The summed E-state index contributed by atoms with van der Waals surface area (Å²) in [5, 5.41) is 2.79. The number of benzene rings is 2. The summed E-state index contributed by atoms with van der Waals surface area (Å²) in [6.07, 6.45) is 0. The van der Waals surface area contributed by atoms with Crippen molar-refractivity contribution in [1.82, 2.24) is 0 Å². The van der Waals surface area contributed by atoms with Gasteiger partial charge in [0.2, 0.25) is 0 Å². The molecule has 3 rings (SSSR count). The number of hydrogen-bond donors (Lipinski definition) is 2. The van der Waals surface area contributed by atoms with Crippen molar-refractivity contribution >= 4 is 43.9 Å². The van der Waals surface area contributed by atoms with Gasteiger partial charge in [0.1, 0.15) is 5.00 Å². The van der Waals surface area contributed by atoms with Crippen molar-refractivity contribution in [3.8, 4) is 0 Å². The largest absolute Gasteiger partial charge is 0.462 e. The number of sulfonamides is 1. The van der Waals surface area contributed by atoms with Crippen LogP contribution >= 0.6 is 11.3 Å². The predicted octanol–water partition coefficient (Wildman–Crippen LogP) is 4.59. The maximum Gasteiger partial charge on any atom is 0.341 e. The van der Waals surface area contributed by atoms with Gasteiger partial charge in [-0.05, 0) is 50.6 Å². The molecule has 0 atom stereocenters. The third-order valence-corrected chi connectivity index (χ3v) is 7.12. The van der Waals surface area contributed by atoms with Crippen LogP contribution in [0.15, 0.2) is 59.5 Å². The van der Waals surface area contributed by atoms with Crippen LogP contribution < -0.4 is 10.0 Å². The van der Waals surface area contributed by atoms with Gasteiger partial charge in [-0.2, -0.15) is 0 Å². The Hall–Kier alpha value is -3.17. The molecule has 1 heterocycles. The lowest BCUT2D eigenvalue weighted by Crippen LogP contribution is -2.15. The number of carbonyl (C=O) groups excluding carboxylic acids is 2. The average Bonchev–Trinajstić information content (AvgIpc) is 3.04. The van der Waals surface area contributed by atoms with Crippen molar-refractivity contribution in [3.05, 3.63) is 76.2 Å². The minimum atomic E-state index is -3.97. The summed E-state index contributed by atoms with van der Waals surface area (Å²) in [4.78, 5) is 25.7. The molecular formula is C22H22N2O5S2. The third kappa shape index (κ3) is 5.12. The van der Waals surface area contributed by atoms with E-state index in [0.717, 1.165) is 16.9 Å². The molecule has 31 heavy (non-hydrogen) atoms. The zero-order valence-electron chi connectivity index (χ0n) is 17.3. The normalized spacial score (nSPS) is 11.1. The molecule has 1 aromatic heterocycles. The van der Waals surface area contributed by atoms with E-state index in [4.69, 9.17) is 4.74 Å². The standard InChI is InChI=1S/C22H22N2O5S2/c1-4-29-22(26)18-15(3)19(20(25)23-16-8-6-5-7-9-16)30-21(18)24-31(27,28)17-12-10-14(2)11-13-17/h5-13,24H,4H2,1-3H3,(H,23,25). The summed E-state index contributed by atoms with van der Waals surface area (Å²) >= 11 is 0.889. The molecule has 2 aromatic carbocycles. The Balaban J connectivity index is 2.00. The van der Waals surface area contributed by atoms with Gasteiger partial charge in [-0.1, -0.05) is 35.9 Å². The van der Waals surface area contributed by atoms with Crippen LogP contribution in [-0.4, -0.2) is 26.9 Å². The van der Waals surface area contributed by atoms with E-state index >= 15 is 0 Å². The van der Waals surface area contributed by atoms with Crippen molar-refractivity contribution in [2.24, 2.45) is 0 Å². The van der Waals surface area contributed by atoms with Gasteiger partial charge in [0.25, 0.3) is 15.9 Å². The van der Waals surface area contributed by atoms with Gasteiger partial charge in [0.05, 0.1) is 21.9 Å². The van der Waals surface area contributed by atoms with E-state index in [9.17, 15) is 18.0 Å². The molecule has 3 aromatic rings. The molecule has 0 saturated carbocycles. The first-order chi connectivity index (χ1) is 14.7. The van der Waals surface area contributed by atoms with Gasteiger partial charge in [0.15, 0.2) is 0 Å². The summed E-state index contributed by atoms with van der Waals surface area (Å²) in [5.74, 6) is -1.14. The SMILES string of the molecule is CCOC(=O)c1c(NS(=O)(=O)c2ccc(C)cc2)sc(C(=O)Nc2ccccc2)c1C. The van der Waals surface area contributed by atoms with Crippen LogP contribution in [0.2, 0.25) is 0 Å². The summed E-state index contributed by atoms with van der Waals surface area (Å²) < 4.78 is 33.3. The summed E-state index contributed by atoms with van der Waals surface area (Å²) in [6.45, 7) is 5.21. The lowest BCUT2D eigenvalue weighted by atomic mass is 10.1. The van der Waals surface area contributed by atoms with E-state index < -0.39 is 21.9 Å². The summed E-state index contributed by atoms with van der Waals surface area (Å²) in [5.41, 5.74) is 1.87. The topological polar surface area (TPSA) is 102 Å². The van der Waals surface area contributed by atoms with Crippen LogP contribution in [0.5, 0.6) is 0 Å². The smallest absolute Gasteiger partial charge is 0.341 e. The van der Waals surface area contributed by atoms with Crippen molar-refractivity contribution in [1.29, 1.82) is 0 Å². The van der Waals surface area contributed by atoms with Crippen LogP contribution in [0, 0.1) is 13.8 Å². The van der Waals surface area contributed by atoms with Gasteiger partial charge >= 0.3 is 5.97 Å². The molecule has 162 valence electrons. The first-order valence-electron chi connectivity index (χ1n) is 9.49. The Labute approximate surface area is 185 Å². The second-order valence-electron chi connectivity index (χ2n) is 6.72. The van der Waals surface area contributed by atoms with Gasteiger partial charge in [-0.25, -0.2) is 13.2 Å². The van der Waals surface area contributed by atoms with Crippen molar-refractivity contribution in [2.45, 2.75) is 25.7 Å². The number of carbonyl (C=O) groups is 2. The van der Waals surface area contributed by atoms with Crippen molar-refractivity contribution in [3.63, 3.8) is 0 Å². The monoisotopic (exact) mass is 458 g/mol. The van der Waals surface area contributed by atoms with Crippen molar-refractivity contribution < 1.29 is 22.7 Å². The Morgan fingerprint density at radius 3 is 2.26 bits per heavy atom. The fraction of sp³-hybridized carbons (Fsp3) is 0.182. The molecule has 0 aliphatic rings. The number of esters is 1. The number of para-hydroxylation sites is 1. The van der Waals surface area contributed by atoms with Crippen LogP contribution in [0.25, 0.3) is 0 Å². The van der Waals surface area contributed by atoms with Gasteiger partial charge < -0.3 is 10.1 Å². The number of amides is 1. The quantitative estimate of drug-likeness (QED) is 0.504. The van der Waals surface area contributed by atoms with E-state index in [-0.39, 0.29) is 26.9 Å². The number of ether oxygens (including phenoxy) is 1. The van der Waals surface area contributed by atoms with Gasteiger partial charge in [-0.3, -0.25) is 9.52 Å². The van der Waals surface area contributed by atoms with E-state index in [1.807, 2.05) is 13.0 Å². The molecule has 0 saturated heterocycles. The number of thiophene rings is 1. The molecule has 0 spiro atoms. The molecule has 0 unspecified atom stereocenters. The molecule has 0 aliphatic carbocycles. The molecule has 2 N–H and O–H groups in total. The average molecular weight is 459 g/mol. The molecule has 7 nitrogen and oxygen atoms in total. The Morgan fingerprint density at radius 2 is 1.65 bits per heavy atom. The number of aryl methyl sites for hydroxylation is 1. The zero-order valence-corrected chi connectivity index (χ0v) is 18.9. The molecule has 0 aliphatic heterocycles. The highest BCUT2D eigenvalue weighted by Crippen LogP contribution is 2.35. The van der Waals surface area contributed by atoms with E-state index in [2.05, 4.69) is 10.0 Å². The molecule has 0 bridgehead atoms. The molecule has 9 heteroatoms. The second-order valence-corrected chi connectivity index (χ2v) is 9.42. The van der Waals surface area contributed by atoms with Crippen LogP contribution in [-0.2, 0) is 14.8 Å². The highest BCUT2D eigenvalue weighted by atomic mass is 32.2. The lowest BCUT2D eigenvalue weighted by molar-refractivity contribution is 0.0527. The minimum Gasteiger partial charge on any atom is -0.462 e. The molecule has 1 amide bonds. The van der Waals surface area contributed by atoms with E-state index in [1.54, 1.807) is 50.2 Å². The molecule has 0 fully saturated rings. The Kier molecular flexibility index (Phi) is 6.77. The highest BCUT2D eigenvalue weighted by molar-refractivity contribution is 7.93. The fourth-order valence-corrected chi connectivity index (χ4v) is 5.25.